The largest absolute Gasteiger partial charge is 0.454 e. The Morgan fingerprint density at radius 3 is 2.88 bits per heavy atom. The van der Waals surface area contributed by atoms with Gasteiger partial charge in [0.1, 0.15) is 0 Å². The van der Waals surface area contributed by atoms with E-state index < -0.39 is 0 Å². The first-order valence-corrected chi connectivity index (χ1v) is 8.92. The summed E-state index contributed by atoms with van der Waals surface area (Å²) in [5.74, 6) is 1.47. The summed E-state index contributed by atoms with van der Waals surface area (Å²) in [6, 6.07) is 11.0. The van der Waals surface area contributed by atoms with Gasteiger partial charge in [-0.25, -0.2) is 4.98 Å². The summed E-state index contributed by atoms with van der Waals surface area (Å²) in [5.41, 5.74) is 5.41. The summed E-state index contributed by atoms with van der Waals surface area (Å²) in [4.78, 5) is 4.48. The maximum atomic E-state index is 6.21. The second-order valence-electron chi connectivity index (χ2n) is 5.14. The first kappa shape index (κ1) is 16.2. The van der Waals surface area contributed by atoms with Crippen LogP contribution in [0.5, 0.6) is 11.5 Å². The molecule has 0 saturated heterocycles. The molecular weight excluding hydrogens is 381 g/mol. The standard InChI is InChI=1S/C17H11Cl2N3O2S/c18-11-2-3-12(13(19)6-11)14-8-25-17(21-14)22-20-7-10-1-4-15-16(5-10)24-9-23-15/h1-8H,9H2,(H,21,22)/b20-7+. The molecule has 0 spiro atoms. The highest BCUT2D eigenvalue weighted by Crippen LogP contribution is 2.33. The molecule has 0 saturated carbocycles. The smallest absolute Gasteiger partial charge is 0.231 e. The minimum Gasteiger partial charge on any atom is -0.454 e. The predicted molar refractivity (Wildman–Crippen MR) is 101 cm³/mol. The molecule has 2 heterocycles. The molecule has 1 aromatic heterocycles. The van der Waals surface area contributed by atoms with Gasteiger partial charge in [-0.3, -0.25) is 5.43 Å². The lowest BCUT2D eigenvalue weighted by molar-refractivity contribution is 0.174. The van der Waals surface area contributed by atoms with Crippen molar-refractivity contribution in [3.8, 4) is 22.8 Å². The van der Waals surface area contributed by atoms with Gasteiger partial charge in [0.15, 0.2) is 11.5 Å². The van der Waals surface area contributed by atoms with Crippen molar-refractivity contribution in [2.75, 3.05) is 12.2 Å². The molecule has 0 fully saturated rings. The molecule has 1 aliphatic heterocycles. The van der Waals surface area contributed by atoms with Crippen LogP contribution in [0, 0.1) is 0 Å². The summed E-state index contributed by atoms with van der Waals surface area (Å²) in [6.45, 7) is 0.253. The highest BCUT2D eigenvalue weighted by atomic mass is 35.5. The normalized spacial score (nSPS) is 12.7. The van der Waals surface area contributed by atoms with Gasteiger partial charge in [0, 0.05) is 16.0 Å². The van der Waals surface area contributed by atoms with E-state index in [-0.39, 0.29) is 6.79 Å². The number of aromatic nitrogens is 1. The van der Waals surface area contributed by atoms with Crippen LogP contribution >= 0.6 is 34.5 Å². The number of benzene rings is 2. The number of hydrogen-bond donors (Lipinski definition) is 1. The second kappa shape index (κ2) is 6.92. The molecule has 1 N–H and O–H groups in total. The molecule has 126 valence electrons. The Hall–Kier alpha value is -2.28. The van der Waals surface area contributed by atoms with Gasteiger partial charge in [0.25, 0.3) is 0 Å². The molecule has 8 heteroatoms. The van der Waals surface area contributed by atoms with E-state index in [0.717, 1.165) is 28.3 Å². The lowest BCUT2D eigenvalue weighted by atomic mass is 10.2. The van der Waals surface area contributed by atoms with E-state index in [0.29, 0.717) is 15.2 Å². The third-order valence-electron chi connectivity index (χ3n) is 3.48. The van der Waals surface area contributed by atoms with Crippen LogP contribution < -0.4 is 14.9 Å². The molecule has 0 unspecified atom stereocenters. The number of hydrazone groups is 1. The number of ether oxygens (including phenoxy) is 2. The zero-order chi connectivity index (χ0) is 17.2. The third kappa shape index (κ3) is 3.56. The topological polar surface area (TPSA) is 55.7 Å². The Balaban J connectivity index is 1.46. The number of nitrogens with one attached hydrogen (secondary N) is 1. The Morgan fingerprint density at radius 2 is 2.00 bits per heavy atom. The van der Waals surface area contributed by atoms with Crippen LogP contribution in [0.25, 0.3) is 11.3 Å². The van der Waals surface area contributed by atoms with E-state index in [2.05, 4.69) is 15.5 Å². The van der Waals surface area contributed by atoms with Crippen LogP contribution in [0.2, 0.25) is 10.0 Å². The molecule has 0 radical (unpaired) electrons. The van der Waals surface area contributed by atoms with Gasteiger partial charge in [-0.2, -0.15) is 5.10 Å². The van der Waals surface area contributed by atoms with Gasteiger partial charge < -0.3 is 9.47 Å². The van der Waals surface area contributed by atoms with Crippen molar-refractivity contribution in [1.82, 2.24) is 4.98 Å². The average Bonchev–Trinajstić information content (AvgIpc) is 3.23. The van der Waals surface area contributed by atoms with Gasteiger partial charge in [-0.1, -0.05) is 23.2 Å². The number of hydrogen-bond acceptors (Lipinski definition) is 6. The van der Waals surface area contributed by atoms with Gasteiger partial charge in [-0.05, 0) is 42.0 Å². The molecule has 0 bridgehead atoms. The van der Waals surface area contributed by atoms with Crippen molar-refractivity contribution in [2.24, 2.45) is 5.10 Å². The summed E-state index contributed by atoms with van der Waals surface area (Å²) >= 11 is 13.6. The van der Waals surface area contributed by atoms with Crippen LogP contribution in [-0.4, -0.2) is 18.0 Å². The molecule has 5 nitrogen and oxygen atoms in total. The fraction of sp³-hybridized carbons (Fsp3) is 0.0588. The Morgan fingerprint density at radius 1 is 1.12 bits per heavy atom. The summed E-state index contributed by atoms with van der Waals surface area (Å²) in [7, 11) is 0. The number of thiazole rings is 1. The van der Waals surface area contributed by atoms with Crippen LogP contribution in [0.4, 0.5) is 5.13 Å². The molecule has 0 atom stereocenters. The van der Waals surface area contributed by atoms with E-state index >= 15 is 0 Å². The lowest BCUT2D eigenvalue weighted by Crippen LogP contribution is -1.93. The van der Waals surface area contributed by atoms with Crippen molar-refractivity contribution in [3.63, 3.8) is 0 Å². The Labute approximate surface area is 157 Å². The van der Waals surface area contributed by atoms with Crippen molar-refractivity contribution in [1.29, 1.82) is 0 Å². The minimum absolute atomic E-state index is 0.253. The fourth-order valence-electron chi connectivity index (χ4n) is 2.30. The molecule has 4 rings (SSSR count). The summed E-state index contributed by atoms with van der Waals surface area (Å²) in [5, 5.41) is 7.93. The molecular formula is C17H11Cl2N3O2S. The molecule has 0 aliphatic carbocycles. The van der Waals surface area contributed by atoms with E-state index in [9.17, 15) is 0 Å². The van der Waals surface area contributed by atoms with Crippen molar-refractivity contribution in [3.05, 3.63) is 57.4 Å². The van der Waals surface area contributed by atoms with Gasteiger partial charge in [0.2, 0.25) is 11.9 Å². The highest BCUT2D eigenvalue weighted by molar-refractivity contribution is 7.14. The first-order valence-electron chi connectivity index (χ1n) is 7.29. The molecule has 3 aromatic rings. The first-order chi connectivity index (χ1) is 12.2. The molecule has 25 heavy (non-hydrogen) atoms. The quantitative estimate of drug-likeness (QED) is 0.484. The SMILES string of the molecule is Clc1ccc(-c2csc(N/N=C/c3ccc4c(c3)OCO4)n2)c(Cl)c1. The van der Waals surface area contributed by atoms with Crippen molar-refractivity contribution < 1.29 is 9.47 Å². The van der Waals surface area contributed by atoms with Crippen LogP contribution in [0.3, 0.4) is 0 Å². The Kier molecular flexibility index (Phi) is 4.48. The van der Waals surface area contributed by atoms with Crippen molar-refractivity contribution >= 4 is 45.9 Å². The number of anilines is 1. The molecule has 1 aliphatic rings. The monoisotopic (exact) mass is 391 g/mol. The minimum atomic E-state index is 0.253. The number of fused-ring (bicyclic) bond motifs is 1. The number of rotatable bonds is 4. The Bertz CT molecular complexity index is 959. The van der Waals surface area contributed by atoms with Gasteiger partial charge in [0.05, 0.1) is 16.9 Å². The second-order valence-corrected chi connectivity index (χ2v) is 6.85. The molecule has 0 amide bonds. The summed E-state index contributed by atoms with van der Waals surface area (Å²) in [6.07, 6.45) is 1.69. The van der Waals surface area contributed by atoms with Crippen LogP contribution in [0.15, 0.2) is 46.9 Å². The maximum absolute atomic E-state index is 6.21. The predicted octanol–water partition coefficient (Wildman–Crippen LogP) is 5.29. The van der Waals surface area contributed by atoms with E-state index in [1.807, 2.05) is 29.6 Å². The van der Waals surface area contributed by atoms with Gasteiger partial charge >= 0.3 is 0 Å². The van der Waals surface area contributed by atoms with E-state index in [1.54, 1.807) is 18.3 Å². The zero-order valence-electron chi connectivity index (χ0n) is 12.7. The summed E-state index contributed by atoms with van der Waals surface area (Å²) < 4.78 is 10.6. The van der Waals surface area contributed by atoms with Crippen molar-refractivity contribution in [2.45, 2.75) is 0 Å². The van der Waals surface area contributed by atoms with Gasteiger partial charge in [-0.15, -0.1) is 11.3 Å². The maximum Gasteiger partial charge on any atom is 0.231 e. The zero-order valence-corrected chi connectivity index (χ0v) is 15.0. The average molecular weight is 392 g/mol. The third-order valence-corrected chi connectivity index (χ3v) is 4.78. The molecule has 2 aromatic carbocycles. The fourth-order valence-corrected chi connectivity index (χ4v) is 3.47. The van der Waals surface area contributed by atoms with E-state index in [1.165, 1.54) is 11.3 Å². The number of nitrogens with zero attached hydrogens (tertiary/aromatic N) is 2. The highest BCUT2D eigenvalue weighted by Gasteiger charge is 2.12. The van der Waals surface area contributed by atoms with Crippen LogP contribution in [-0.2, 0) is 0 Å². The van der Waals surface area contributed by atoms with E-state index in [4.69, 9.17) is 32.7 Å². The number of halogens is 2. The van der Waals surface area contributed by atoms with Crippen LogP contribution in [0.1, 0.15) is 5.56 Å². The lowest BCUT2D eigenvalue weighted by Gasteiger charge is -2.00.